The van der Waals surface area contributed by atoms with Gasteiger partial charge in [-0.25, -0.2) is 0 Å². The Morgan fingerprint density at radius 2 is 0.793 bits per heavy atom. The second-order valence-corrected chi connectivity index (χ2v) is 9.45. The molecule has 0 aromatic rings. The van der Waals surface area contributed by atoms with E-state index in [-0.39, 0.29) is 1.43 Å². The Morgan fingerprint density at radius 3 is 1.00 bits per heavy atom. The molecule has 0 aromatic carbocycles. The number of rotatable bonds is 15. The van der Waals surface area contributed by atoms with Gasteiger partial charge in [0.05, 0.1) is 27.7 Å². The van der Waals surface area contributed by atoms with Gasteiger partial charge in [-0.3, -0.25) is 0 Å². The summed E-state index contributed by atoms with van der Waals surface area (Å²) in [5.41, 5.74) is 0. The summed E-state index contributed by atoms with van der Waals surface area (Å²) in [5.74, 6) is 0. The van der Waals surface area contributed by atoms with Crippen LogP contribution in [0, 0.1) is 0 Å². The van der Waals surface area contributed by atoms with Crippen LogP contribution >= 0.6 is 0 Å². The van der Waals surface area contributed by atoms with Crippen molar-refractivity contribution in [2.45, 2.75) is 96.8 Å². The quantitative estimate of drug-likeness (QED) is 0.111. The van der Waals surface area contributed by atoms with Gasteiger partial charge in [0.25, 0.3) is 0 Å². The second-order valence-electron chi connectivity index (χ2n) is 9.45. The molecule has 0 N–H and O–H groups in total. The van der Waals surface area contributed by atoms with Gasteiger partial charge < -0.3 is 26.6 Å². The van der Waals surface area contributed by atoms with Gasteiger partial charge in [-0.1, -0.05) is 84.0 Å². The van der Waals surface area contributed by atoms with Crippen LogP contribution in [0.5, 0.6) is 0 Å². The van der Waals surface area contributed by atoms with Crippen LogP contribution in [0.1, 0.15) is 98.2 Å². The molecule has 2 nitrogen and oxygen atoms in total. The molecule has 0 fully saturated rings. The molecule has 0 aliphatic carbocycles. The molecule has 29 heavy (non-hydrogen) atoms. The van der Waals surface area contributed by atoms with E-state index in [1.54, 1.807) is 0 Å². The highest BCUT2D eigenvalue weighted by Crippen LogP contribution is 2.13. The smallest absolute Gasteiger partial charge is 0.418 e. The molecular weight excluding hydrogens is 379 g/mol. The fraction of sp³-hybridized carbons (Fsp3) is 1.00. The zero-order chi connectivity index (χ0) is 23.2. The molecule has 0 spiro atoms. The fourth-order valence-electron chi connectivity index (χ4n) is 2.78. The second kappa shape index (κ2) is 22.4. The molecule has 0 amide bonds. The van der Waals surface area contributed by atoms with Crippen LogP contribution in [0.25, 0.3) is 0 Å². The summed E-state index contributed by atoms with van der Waals surface area (Å²) in [6, 6.07) is 0. The van der Waals surface area contributed by atoms with Crippen LogP contribution in [-0.2, 0) is 0 Å². The molecule has 0 rings (SSSR count). The van der Waals surface area contributed by atoms with Crippen molar-refractivity contribution in [1.29, 1.82) is 0 Å². The summed E-state index contributed by atoms with van der Waals surface area (Å²) in [6.45, 7) is 3.63. The van der Waals surface area contributed by atoms with Gasteiger partial charge in [0.1, 0.15) is 0 Å². The maximum absolute atomic E-state index is 9.75. The largest absolute Gasteiger partial charge is 1.00 e. The Bertz CT molecular complexity index is 304. The zero-order valence-corrected chi connectivity index (χ0v) is 20.6. The van der Waals surface area contributed by atoms with Crippen molar-refractivity contribution >= 4 is 7.25 Å². The van der Waals surface area contributed by atoms with Crippen LogP contribution in [0.3, 0.4) is 0 Å². The first-order valence-electron chi connectivity index (χ1n) is 11.6. The summed E-state index contributed by atoms with van der Waals surface area (Å²) in [7, 11) is 6.88. The van der Waals surface area contributed by atoms with Crippen molar-refractivity contribution in [3.8, 4) is 0 Å². The van der Waals surface area contributed by atoms with E-state index in [4.69, 9.17) is 0 Å². The zero-order valence-electron chi connectivity index (χ0n) is 21.6. The lowest BCUT2D eigenvalue weighted by molar-refractivity contribution is -0.870. The third kappa shape index (κ3) is 65.6. The van der Waals surface area contributed by atoms with Gasteiger partial charge in [-0.15, -0.1) is 0 Å². The first-order chi connectivity index (χ1) is 13.3. The van der Waals surface area contributed by atoms with Crippen molar-refractivity contribution < 1.29 is 23.2 Å². The van der Waals surface area contributed by atoms with E-state index in [0.717, 1.165) is 4.48 Å². The highest BCUT2D eigenvalue weighted by Gasteiger charge is 2.20. The first kappa shape index (κ1) is 33.3. The Kier molecular flexibility index (Phi) is 25.7. The van der Waals surface area contributed by atoms with E-state index in [2.05, 4.69) is 28.1 Å². The number of quaternary nitrogens is 1. The van der Waals surface area contributed by atoms with E-state index in [9.17, 15) is 17.3 Å². The predicted molar refractivity (Wildman–Crippen MR) is 124 cm³/mol. The molecule has 0 atom stereocenters. The van der Waals surface area contributed by atoms with E-state index < -0.39 is 7.25 Å². The molecule has 0 bridgehead atoms. The fourth-order valence-corrected chi connectivity index (χ4v) is 2.78. The summed E-state index contributed by atoms with van der Waals surface area (Å²) < 4.78 is 40.1. The highest BCUT2D eigenvalue weighted by atomic mass is 19.5. The minimum absolute atomic E-state index is 0. The summed E-state index contributed by atoms with van der Waals surface area (Å²) in [4.78, 5) is 2.00. The average molecular weight is 431 g/mol. The first-order valence-corrected chi connectivity index (χ1v) is 11.6. The highest BCUT2D eigenvalue weighted by molar-refractivity contribution is 6.50. The van der Waals surface area contributed by atoms with Crippen molar-refractivity contribution in [2.24, 2.45) is 0 Å². The number of hydrogen-bond donors (Lipinski definition) is 0. The molecule has 0 saturated carbocycles. The molecule has 0 heterocycles. The van der Waals surface area contributed by atoms with Crippen LogP contribution in [0.15, 0.2) is 0 Å². The molecule has 0 aliphatic rings. The Morgan fingerprint density at radius 1 is 0.586 bits per heavy atom. The molecule has 0 aliphatic heterocycles. The molecule has 0 aromatic heterocycles. The lowest BCUT2D eigenvalue weighted by Gasteiger charge is -2.23. The summed E-state index contributed by atoms with van der Waals surface area (Å²) in [6.07, 6.45) is 20.4. The van der Waals surface area contributed by atoms with E-state index in [1.165, 1.54) is 96.4 Å². The van der Waals surface area contributed by atoms with Crippen molar-refractivity contribution in [1.82, 2.24) is 4.90 Å². The number of nitrogens with zero attached hydrogens (tertiary/aromatic N) is 2. The third-order valence-electron chi connectivity index (χ3n) is 4.18. The molecule has 0 unspecified atom stereocenters. The maximum atomic E-state index is 9.75. The van der Waals surface area contributed by atoms with E-state index >= 15 is 0 Å². The monoisotopic (exact) mass is 431 g/mol. The van der Waals surface area contributed by atoms with Crippen LogP contribution in [0.2, 0.25) is 0 Å². The summed E-state index contributed by atoms with van der Waals surface area (Å²) in [5, 5.41) is 0. The van der Waals surface area contributed by atoms with Crippen LogP contribution < -0.4 is 0 Å². The maximum Gasteiger partial charge on any atom is 1.00 e. The van der Waals surface area contributed by atoms with Crippen LogP contribution in [0.4, 0.5) is 17.3 Å². The third-order valence-corrected chi connectivity index (χ3v) is 4.18. The standard InChI is InChI=1S/C19H42N.C3H9N.BF4/c1-5-6-7-8-9-10-11-12-13-14-15-16-17-18-19-20(2,3)4;1-4(2)3;2-1(3,4)5/h5-19H2,1-4H3;1-3H3;/q+1;;-1/p+1. The van der Waals surface area contributed by atoms with Gasteiger partial charge in [0, 0.05) is 0 Å². The molecular formula is C22H52BF4N2+. The lowest BCUT2D eigenvalue weighted by atomic mass is 10.0. The Hall–Kier alpha value is -0.295. The Balaban J connectivity index is -0.000000283. The average Bonchev–Trinajstić information content (AvgIpc) is 2.52. The van der Waals surface area contributed by atoms with Crippen molar-refractivity contribution in [2.75, 3.05) is 48.8 Å². The minimum Gasteiger partial charge on any atom is -0.418 e. The predicted octanol–water partition coefficient (Wildman–Crippen LogP) is 7.76. The lowest BCUT2D eigenvalue weighted by Crippen LogP contribution is -2.35. The SMILES string of the molecule is CCCCCCCCCCCCCCCC[N+](C)(C)C.CN(C)C.F[B-](F)(F)F.[H+]. The molecule has 0 radical (unpaired) electrons. The molecule has 7 heteroatoms. The van der Waals surface area contributed by atoms with E-state index in [0.29, 0.717) is 0 Å². The van der Waals surface area contributed by atoms with Gasteiger partial charge in [-0.05, 0) is 34.0 Å². The number of hydrogen-bond acceptors (Lipinski definition) is 1. The minimum atomic E-state index is -6.00. The Labute approximate surface area is 181 Å². The van der Waals surface area contributed by atoms with Gasteiger partial charge >= 0.3 is 8.68 Å². The van der Waals surface area contributed by atoms with Crippen molar-refractivity contribution in [3.05, 3.63) is 0 Å². The van der Waals surface area contributed by atoms with Gasteiger partial charge in [0.2, 0.25) is 0 Å². The normalized spacial score (nSPS) is 11.6. The number of unbranched alkanes of at least 4 members (excludes halogenated alkanes) is 13. The van der Waals surface area contributed by atoms with Gasteiger partial charge in [-0.2, -0.15) is 0 Å². The molecule has 0 saturated heterocycles. The topological polar surface area (TPSA) is 3.24 Å². The van der Waals surface area contributed by atoms with Gasteiger partial charge in [0.15, 0.2) is 0 Å². The summed E-state index contributed by atoms with van der Waals surface area (Å²) >= 11 is 0. The van der Waals surface area contributed by atoms with Crippen LogP contribution in [-0.4, -0.2) is 65.5 Å². The number of halogens is 4. The van der Waals surface area contributed by atoms with Crippen molar-refractivity contribution in [3.63, 3.8) is 0 Å². The van der Waals surface area contributed by atoms with E-state index in [1.807, 2.05) is 26.0 Å². The molecule has 180 valence electrons.